The second kappa shape index (κ2) is 8.67. The largest absolute Gasteiger partial charge is 0.292 e. The molecular weight excluding hydrogens is 392 g/mol. The molecule has 0 aliphatic carbocycles. The molecule has 4 heterocycles. The van der Waals surface area contributed by atoms with Crippen molar-refractivity contribution in [1.29, 1.82) is 0 Å². The van der Waals surface area contributed by atoms with E-state index < -0.39 is 0 Å². The molecule has 0 fully saturated rings. The van der Waals surface area contributed by atoms with Gasteiger partial charge in [0, 0.05) is 55.9 Å². The van der Waals surface area contributed by atoms with E-state index in [1.807, 2.05) is 0 Å². The SMILES string of the molecule is CC(CCC(C)(C)N1CCc2cnn(C(C)C)c2C1)n1cc2c(n1)CN(CS)CC2. The first-order valence-corrected chi connectivity index (χ1v) is 12.1. The van der Waals surface area contributed by atoms with E-state index in [4.69, 9.17) is 5.10 Å². The van der Waals surface area contributed by atoms with Gasteiger partial charge in [0.2, 0.25) is 0 Å². The third-order valence-electron chi connectivity index (χ3n) is 7.11. The second-order valence-electron chi connectivity index (χ2n) is 10.1. The molecule has 30 heavy (non-hydrogen) atoms. The van der Waals surface area contributed by atoms with Gasteiger partial charge >= 0.3 is 0 Å². The molecule has 0 amide bonds. The molecule has 0 aromatic carbocycles. The number of fused-ring (bicyclic) bond motifs is 2. The van der Waals surface area contributed by atoms with Crippen LogP contribution in [-0.4, -0.2) is 53.9 Å². The second-order valence-corrected chi connectivity index (χ2v) is 10.3. The third-order valence-corrected chi connectivity index (χ3v) is 7.51. The molecule has 0 spiro atoms. The Labute approximate surface area is 187 Å². The van der Waals surface area contributed by atoms with Crippen molar-refractivity contribution in [2.45, 2.75) is 91.0 Å². The van der Waals surface area contributed by atoms with Crippen molar-refractivity contribution in [2.24, 2.45) is 0 Å². The van der Waals surface area contributed by atoms with Gasteiger partial charge in [0.1, 0.15) is 0 Å². The molecule has 2 aliphatic heterocycles. The van der Waals surface area contributed by atoms with Crippen molar-refractivity contribution in [3.63, 3.8) is 0 Å². The molecule has 2 aromatic rings. The maximum atomic E-state index is 4.93. The van der Waals surface area contributed by atoms with Crippen molar-refractivity contribution in [3.8, 4) is 0 Å². The molecule has 0 radical (unpaired) electrons. The summed E-state index contributed by atoms with van der Waals surface area (Å²) < 4.78 is 4.42. The molecule has 4 rings (SSSR count). The molecule has 0 saturated carbocycles. The highest BCUT2D eigenvalue weighted by atomic mass is 32.1. The van der Waals surface area contributed by atoms with Crippen LogP contribution in [0.5, 0.6) is 0 Å². The highest BCUT2D eigenvalue weighted by Gasteiger charge is 2.32. The van der Waals surface area contributed by atoms with Crippen LogP contribution < -0.4 is 0 Å². The lowest BCUT2D eigenvalue weighted by atomic mass is 9.91. The van der Waals surface area contributed by atoms with E-state index >= 15 is 0 Å². The zero-order valence-electron chi connectivity index (χ0n) is 19.3. The molecule has 0 saturated heterocycles. The summed E-state index contributed by atoms with van der Waals surface area (Å²) in [6, 6.07) is 0.835. The van der Waals surface area contributed by atoms with Gasteiger partial charge in [-0.3, -0.25) is 19.2 Å². The highest BCUT2D eigenvalue weighted by molar-refractivity contribution is 7.80. The summed E-state index contributed by atoms with van der Waals surface area (Å²) in [5.41, 5.74) is 5.66. The Morgan fingerprint density at radius 2 is 1.87 bits per heavy atom. The molecule has 0 bridgehead atoms. The Morgan fingerprint density at radius 3 is 2.60 bits per heavy atom. The average molecular weight is 431 g/mol. The monoisotopic (exact) mass is 430 g/mol. The van der Waals surface area contributed by atoms with Crippen LogP contribution in [0.3, 0.4) is 0 Å². The Kier molecular flexibility index (Phi) is 6.33. The van der Waals surface area contributed by atoms with Crippen LogP contribution in [0.4, 0.5) is 0 Å². The van der Waals surface area contributed by atoms with Gasteiger partial charge in [-0.05, 0) is 71.4 Å². The summed E-state index contributed by atoms with van der Waals surface area (Å²) in [5, 5.41) is 9.57. The van der Waals surface area contributed by atoms with Crippen molar-refractivity contribution in [3.05, 3.63) is 34.9 Å². The van der Waals surface area contributed by atoms with Crippen molar-refractivity contribution >= 4 is 12.6 Å². The van der Waals surface area contributed by atoms with E-state index in [1.54, 1.807) is 0 Å². The van der Waals surface area contributed by atoms with Gasteiger partial charge in [0.25, 0.3) is 0 Å². The fourth-order valence-corrected chi connectivity index (χ4v) is 5.10. The molecular formula is C23H38N6S. The summed E-state index contributed by atoms with van der Waals surface area (Å²) in [6.07, 6.45) is 8.86. The van der Waals surface area contributed by atoms with E-state index in [-0.39, 0.29) is 5.54 Å². The van der Waals surface area contributed by atoms with Crippen LogP contribution in [0.15, 0.2) is 12.4 Å². The summed E-state index contributed by atoms with van der Waals surface area (Å²) >= 11 is 4.43. The number of hydrogen-bond acceptors (Lipinski definition) is 5. The molecule has 166 valence electrons. The van der Waals surface area contributed by atoms with Gasteiger partial charge < -0.3 is 0 Å². The summed E-state index contributed by atoms with van der Waals surface area (Å²) in [6.45, 7) is 15.7. The van der Waals surface area contributed by atoms with E-state index in [0.29, 0.717) is 12.1 Å². The fourth-order valence-electron chi connectivity index (χ4n) is 4.86. The van der Waals surface area contributed by atoms with Gasteiger partial charge in [-0.15, -0.1) is 0 Å². The minimum Gasteiger partial charge on any atom is -0.292 e. The highest BCUT2D eigenvalue weighted by Crippen LogP contribution is 2.31. The quantitative estimate of drug-likeness (QED) is 0.672. The number of aromatic nitrogens is 4. The minimum atomic E-state index is 0.160. The van der Waals surface area contributed by atoms with E-state index in [9.17, 15) is 0 Å². The summed E-state index contributed by atoms with van der Waals surface area (Å²) in [4.78, 5) is 5.00. The molecule has 0 N–H and O–H groups in total. The number of nitrogens with zero attached hydrogens (tertiary/aromatic N) is 6. The van der Waals surface area contributed by atoms with E-state index in [0.717, 1.165) is 57.7 Å². The fraction of sp³-hybridized carbons (Fsp3) is 0.739. The Morgan fingerprint density at radius 1 is 1.10 bits per heavy atom. The third kappa shape index (κ3) is 4.34. The molecule has 1 unspecified atom stereocenters. The van der Waals surface area contributed by atoms with Gasteiger partial charge in [-0.1, -0.05) is 0 Å². The number of thiol groups is 1. The molecule has 2 aromatic heterocycles. The first-order valence-electron chi connectivity index (χ1n) is 11.5. The van der Waals surface area contributed by atoms with Crippen LogP contribution in [0, 0.1) is 0 Å². The maximum Gasteiger partial charge on any atom is 0.0797 e. The number of rotatable bonds is 7. The lowest BCUT2D eigenvalue weighted by Crippen LogP contribution is -2.47. The van der Waals surface area contributed by atoms with E-state index in [2.05, 4.69) is 83.9 Å². The zero-order valence-corrected chi connectivity index (χ0v) is 20.2. The molecule has 2 aliphatic rings. The molecule has 1 atom stereocenters. The summed E-state index contributed by atoms with van der Waals surface area (Å²) in [5.74, 6) is 0.809. The number of hydrogen-bond donors (Lipinski definition) is 1. The Balaban J connectivity index is 1.38. The van der Waals surface area contributed by atoms with Crippen molar-refractivity contribution < 1.29 is 0 Å². The summed E-state index contributed by atoms with van der Waals surface area (Å²) in [7, 11) is 0. The molecule has 6 nitrogen and oxygen atoms in total. The van der Waals surface area contributed by atoms with Crippen LogP contribution in [-0.2, 0) is 25.9 Å². The average Bonchev–Trinajstić information content (AvgIpc) is 3.35. The van der Waals surface area contributed by atoms with Crippen LogP contribution >= 0.6 is 12.6 Å². The maximum absolute atomic E-state index is 4.93. The van der Waals surface area contributed by atoms with E-state index in [1.165, 1.54) is 22.5 Å². The predicted molar refractivity (Wildman–Crippen MR) is 125 cm³/mol. The normalized spacial score (nSPS) is 19.2. The van der Waals surface area contributed by atoms with Crippen molar-refractivity contribution in [2.75, 3.05) is 19.0 Å². The predicted octanol–water partition coefficient (Wildman–Crippen LogP) is 4.08. The topological polar surface area (TPSA) is 42.1 Å². The van der Waals surface area contributed by atoms with Crippen LogP contribution in [0.25, 0.3) is 0 Å². The molecule has 7 heteroatoms. The van der Waals surface area contributed by atoms with Gasteiger partial charge in [0.15, 0.2) is 0 Å². The lowest BCUT2D eigenvalue weighted by Gasteiger charge is -2.41. The van der Waals surface area contributed by atoms with Crippen LogP contribution in [0.2, 0.25) is 0 Å². The van der Waals surface area contributed by atoms with Gasteiger partial charge in [-0.2, -0.15) is 22.8 Å². The van der Waals surface area contributed by atoms with Crippen molar-refractivity contribution in [1.82, 2.24) is 29.4 Å². The Bertz CT molecular complexity index is 867. The standard InChI is InChI=1S/C23H38N6S/c1-17(2)29-22-15-27(11-8-19(22)12-24-29)23(4,5)9-6-18(3)28-13-20-7-10-26(16-30)14-21(20)25-28/h12-13,17-18,30H,6-11,14-16H2,1-5H3. The van der Waals surface area contributed by atoms with Crippen LogP contribution in [0.1, 0.15) is 82.1 Å². The zero-order chi connectivity index (χ0) is 21.5. The minimum absolute atomic E-state index is 0.160. The van der Waals surface area contributed by atoms with Gasteiger partial charge in [0.05, 0.1) is 17.6 Å². The Hall–Kier alpha value is -1.31. The lowest BCUT2D eigenvalue weighted by molar-refractivity contribution is 0.0857. The first kappa shape index (κ1) is 21.9. The van der Waals surface area contributed by atoms with Gasteiger partial charge in [-0.25, -0.2) is 0 Å². The smallest absolute Gasteiger partial charge is 0.0797 e. The first-order chi connectivity index (χ1) is 14.3.